The van der Waals surface area contributed by atoms with Gasteiger partial charge in [-0.25, -0.2) is 9.59 Å². The molecule has 0 aromatic rings. The number of likely N-dealkylation sites (N-methyl/N-ethyl adjacent to an activating group) is 1. The van der Waals surface area contributed by atoms with Gasteiger partial charge in [0.05, 0.1) is 6.61 Å². The van der Waals surface area contributed by atoms with Gasteiger partial charge in [0, 0.05) is 13.6 Å². The molecule has 0 bridgehead atoms. The van der Waals surface area contributed by atoms with Crippen LogP contribution in [0.3, 0.4) is 0 Å². The van der Waals surface area contributed by atoms with Gasteiger partial charge in [0.25, 0.3) is 0 Å². The van der Waals surface area contributed by atoms with Gasteiger partial charge in [-0.05, 0) is 20.8 Å². The minimum atomic E-state index is -1.03. The second kappa shape index (κ2) is 6.32. The van der Waals surface area contributed by atoms with Gasteiger partial charge in [-0.15, -0.1) is 0 Å². The van der Waals surface area contributed by atoms with Gasteiger partial charge in [-0.3, -0.25) is 0 Å². The number of carboxylic acid groups (broad SMARTS) is 1. The molecule has 0 heterocycles. The van der Waals surface area contributed by atoms with Crippen molar-refractivity contribution in [3.05, 3.63) is 0 Å². The second-order valence-corrected chi connectivity index (χ2v) is 4.35. The van der Waals surface area contributed by atoms with E-state index >= 15 is 0 Å². The molecule has 0 aliphatic carbocycles. The van der Waals surface area contributed by atoms with Crippen LogP contribution in [0.1, 0.15) is 20.8 Å². The lowest BCUT2D eigenvalue weighted by Gasteiger charge is -2.24. The third-order valence-electron chi connectivity index (χ3n) is 1.50. The van der Waals surface area contributed by atoms with Gasteiger partial charge < -0.3 is 19.5 Å². The Morgan fingerprint density at radius 2 is 1.88 bits per heavy atom. The van der Waals surface area contributed by atoms with E-state index in [-0.39, 0.29) is 13.2 Å². The van der Waals surface area contributed by atoms with Crippen molar-refractivity contribution < 1.29 is 24.2 Å². The number of hydrogen-bond donors (Lipinski definition) is 1. The molecule has 16 heavy (non-hydrogen) atoms. The van der Waals surface area contributed by atoms with Crippen LogP contribution in [0.25, 0.3) is 0 Å². The molecule has 6 nitrogen and oxygen atoms in total. The highest BCUT2D eigenvalue weighted by atomic mass is 16.6. The molecule has 0 radical (unpaired) electrons. The molecule has 0 unspecified atom stereocenters. The van der Waals surface area contributed by atoms with Crippen molar-refractivity contribution in [3.8, 4) is 0 Å². The van der Waals surface area contributed by atoms with Crippen LogP contribution in [-0.2, 0) is 14.3 Å². The lowest BCUT2D eigenvalue weighted by molar-refractivity contribution is -0.142. The number of carbonyl (C=O) groups is 2. The van der Waals surface area contributed by atoms with E-state index in [1.165, 1.54) is 4.90 Å². The standard InChI is InChI=1S/C10H19NO5/c1-10(2,3)16-9(14)11(4)5-6-15-7-8(12)13/h5-7H2,1-4H3,(H,12,13). The van der Waals surface area contributed by atoms with E-state index in [0.717, 1.165) is 0 Å². The number of ether oxygens (including phenoxy) is 2. The van der Waals surface area contributed by atoms with Crippen LogP contribution in [0.5, 0.6) is 0 Å². The molecule has 0 spiro atoms. The zero-order valence-corrected chi connectivity index (χ0v) is 10.1. The molecule has 0 rings (SSSR count). The maximum absolute atomic E-state index is 11.4. The van der Waals surface area contributed by atoms with Crippen molar-refractivity contribution in [1.29, 1.82) is 0 Å². The molecule has 0 aromatic heterocycles. The van der Waals surface area contributed by atoms with E-state index in [1.54, 1.807) is 27.8 Å². The Morgan fingerprint density at radius 1 is 1.31 bits per heavy atom. The fourth-order valence-electron chi connectivity index (χ4n) is 0.792. The molecule has 94 valence electrons. The average molecular weight is 233 g/mol. The van der Waals surface area contributed by atoms with Crippen molar-refractivity contribution in [2.75, 3.05) is 26.8 Å². The Hall–Kier alpha value is -1.30. The molecule has 0 saturated heterocycles. The normalized spacial score (nSPS) is 11.0. The van der Waals surface area contributed by atoms with Gasteiger partial charge in [0.15, 0.2) is 0 Å². The Morgan fingerprint density at radius 3 is 2.31 bits per heavy atom. The summed E-state index contributed by atoms with van der Waals surface area (Å²) in [4.78, 5) is 22.9. The zero-order chi connectivity index (χ0) is 12.8. The zero-order valence-electron chi connectivity index (χ0n) is 10.1. The van der Waals surface area contributed by atoms with Gasteiger partial charge >= 0.3 is 12.1 Å². The molecule has 0 aliphatic heterocycles. The van der Waals surface area contributed by atoms with Gasteiger partial charge in [-0.2, -0.15) is 0 Å². The van der Waals surface area contributed by atoms with Crippen LogP contribution < -0.4 is 0 Å². The summed E-state index contributed by atoms with van der Waals surface area (Å²) in [5.74, 6) is -1.03. The average Bonchev–Trinajstić information content (AvgIpc) is 2.08. The highest BCUT2D eigenvalue weighted by Crippen LogP contribution is 2.08. The van der Waals surface area contributed by atoms with Crippen molar-refractivity contribution in [1.82, 2.24) is 4.90 Å². The SMILES string of the molecule is CN(CCOCC(=O)O)C(=O)OC(C)(C)C. The number of hydrogen-bond acceptors (Lipinski definition) is 4. The van der Waals surface area contributed by atoms with E-state index in [0.29, 0.717) is 6.54 Å². The summed E-state index contributed by atoms with van der Waals surface area (Å²) in [6.45, 7) is 5.44. The Balaban J connectivity index is 3.76. The summed E-state index contributed by atoms with van der Waals surface area (Å²) in [6, 6.07) is 0. The minimum absolute atomic E-state index is 0.169. The number of carboxylic acids is 1. The fourth-order valence-corrected chi connectivity index (χ4v) is 0.792. The lowest BCUT2D eigenvalue weighted by atomic mass is 10.2. The molecule has 1 N–H and O–H groups in total. The van der Waals surface area contributed by atoms with Crippen LogP contribution in [0.4, 0.5) is 4.79 Å². The molecule has 0 saturated carbocycles. The number of aliphatic carboxylic acids is 1. The first-order valence-corrected chi connectivity index (χ1v) is 4.96. The molecule has 0 aliphatic rings. The molecule has 0 fully saturated rings. The highest BCUT2D eigenvalue weighted by molar-refractivity contribution is 5.68. The summed E-state index contributed by atoms with van der Waals surface area (Å²) in [5, 5.41) is 8.31. The van der Waals surface area contributed by atoms with E-state index in [2.05, 4.69) is 0 Å². The monoisotopic (exact) mass is 233 g/mol. The number of rotatable bonds is 5. The van der Waals surface area contributed by atoms with Crippen molar-refractivity contribution in [3.63, 3.8) is 0 Å². The first-order chi connectivity index (χ1) is 7.22. The predicted octanol–water partition coefficient (Wildman–Crippen LogP) is 0.954. The summed E-state index contributed by atoms with van der Waals surface area (Å²) in [7, 11) is 1.57. The Bertz CT molecular complexity index is 246. The van der Waals surface area contributed by atoms with E-state index in [4.69, 9.17) is 14.6 Å². The van der Waals surface area contributed by atoms with E-state index < -0.39 is 17.7 Å². The molecule has 0 atom stereocenters. The summed E-state index contributed by atoms with van der Waals surface area (Å²) < 4.78 is 9.89. The fraction of sp³-hybridized carbons (Fsp3) is 0.800. The largest absolute Gasteiger partial charge is 0.480 e. The number of carbonyl (C=O) groups excluding carboxylic acids is 1. The summed E-state index contributed by atoms with van der Waals surface area (Å²) in [5.41, 5.74) is -0.534. The van der Waals surface area contributed by atoms with Crippen LogP contribution >= 0.6 is 0 Å². The highest BCUT2D eigenvalue weighted by Gasteiger charge is 2.19. The predicted molar refractivity (Wildman–Crippen MR) is 57.3 cm³/mol. The number of amides is 1. The second-order valence-electron chi connectivity index (χ2n) is 4.35. The van der Waals surface area contributed by atoms with Crippen molar-refractivity contribution in [2.24, 2.45) is 0 Å². The molecular formula is C10H19NO5. The van der Waals surface area contributed by atoms with Gasteiger partial charge in [0.1, 0.15) is 12.2 Å². The lowest BCUT2D eigenvalue weighted by Crippen LogP contribution is -2.36. The Kier molecular flexibility index (Phi) is 5.81. The Labute approximate surface area is 95.1 Å². The quantitative estimate of drug-likeness (QED) is 0.715. The maximum atomic E-state index is 11.4. The summed E-state index contributed by atoms with van der Waals surface area (Å²) in [6.07, 6.45) is -0.452. The van der Waals surface area contributed by atoms with Crippen molar-refractivity contribution >= 4 is 12.1 Å². The molecule has 6 heteroatoms. The topological polar surface area (TPSA) is 76.1 Å². The first kappa shape index (κ1) is 14.7. The van der Waals surface area contributed by atoms with Gasteiger partial charge in [-0.1, -0.05) is 0 Å². The molecule has 1 amide bonds. The van der Waals surface area contributed by atoms with E-state index in [9.17, 15) is 9.59 Å². The van der Waals surface area contributed by atoms with Crippen LogP contribution in [0.2, 0.25) is 0 Å². The first-order valence-electron chi connectivity index (χ1n) is 4.96. The third-order valence-corrected chi connectivity index (χ3v) is 1.50. The van der Waals surface area contributed by atoms with E-state index in [1.807, 2.05) is 0 Å². The van der Waals surface area contributed by atoms with Gasteiger partial charge in [0.2, 0.25) is 0 Å². The minimum Gasteiger partial charge on any atom is -0.480 e. The number of nitrogens with zero attached hydrogens (tertiary/aromatic N) is 1. The smallest absolute Gasteiger partial charge is 0.410 e. The molecule has 0 aromatic carbocycles. The van der Waals surface area contributed by atoms with Crippen LogP contribution in [-0.4, -0.2) is 54.5 Å². The maximum Gasteiger partial charge on any atom is 0.410 e. The van der Waals surface area contributed by atoms with Crippen LogP contribution in [0.15, 0.2) is 0 Å². The summed E-state index contributed by atoms with van der Waals surface area (Å²) >= 11 is 0. The van der Waals surface area contributed by atoms with Crippen molar-refractivity contribution in [2.45, 2.75) is 26.4 Å². The van der Waals surface area contributed by atoms with Crippen LogP contribution in [0, 0.1) is 0 Å². The molecular weight excluding hydrogens is 214 g/mol. The third kappa shape index (κ3) is 8.05.